The van der Waals surface area contributed by atoms with Crippen LogP contribution in [0.15, 0.2) is 48.0 Å². The minimum Gasteiger partial charge on any atom is -0.491 e. The van der Waals surface area contributed by atoms with Gasteiger partial charge in [0.25, 0.3) is 0 Å². The van der Waals surface area contributed by atoms with E-state index in [9.17, 15) is 4.79 Å². The number of nitrogens with one attached hydrogen (secondary N) is 2. The normalized spacial score (nSPS) is 11.3. The van der Waals surface area contributed by atoms with Crippen molar-refractivity contribution >= 4 is 28.5 Å². The van der Waals surface area contributed by atoms with E-state index in [1.165, 1.54) is 11.8 Å². The monoisotopic (exact) mass is 391 g/mol. The molecule has 1 rings (SSSR count). The fourth-order valence-corrected chi connectivity index (χ4v) is 2.40. The summed E-state index contributed by atoms with van der Waals surface area (Å²) in [7, 11) is 3.38. The fourth-order valence-electron chi connectivity index (χ4n) is 1.91. The Bertz CT molecular complexity index is 674. The van der Waals surface area contributed by atoms with E-state index in [-0.39, 0.29) is 19.1 Å². The Morgan fingerprint density at radius 1 is 1.41 bits per heavy atom. The zero-order chi connectivity index (χ0) is 20.7. The van der Waals surface area contributed by atoms with Gasteiger partial charge in [0.15, 0.2) is 5.82 Å². The van der Waals surface area contributed by atoms with Crippen LogP contribution in [0.3, 0.4) is 0 Å². The molecule has 1 aromatic heterocycles. The molecule has 0 saturated heterocycles. The largest absolute Gasteiger partial charge is 0.491 e. The number of carbonyl (C=O) groups is 1. The number of hydrogen-bond donors (Lipinski definition) is 2. The Labute approximate surface area is 166 Å². The number of carbonyl (C=O) groups excluding carboxylic acids is 1. The molecule has 0 bridgehead atoms. The molecule has 148 valence electrons. The van der Waals surface area contributed by atoms with Crippen molar-refractivity contribution in [2.45, 2.75) is 26.9 Å². The van der Waals surface area contributed by atoms with Gasteiger partial charge >= 0.3 is 0 Å². The molecule has 8 heteroatoms. The fraction of sp³-hybridized carbons (Fsp3) is 0.368. The maximum Gasteiger partial charge on any atom is 0.239 e. The Kier molecular flexibility index (Phi) is 13.4. The van der Waals surface area contributed by atoms with Crippen LogP contribution < -0.4 is 10.6 Å². The second kappa shape index (κ2) is 14.7. The summed E-state index contributed by atoms with van der Waals surface area (Å²) in [5, 5.41) is 7.90. The number of anilines is 1. The minimum absolute atomic E-state index is 0.188. The quantitative estimate of drug-likeness (QED) is 0.290. The van der Waals surface area contributed by atoms with Gasteiger partial charge in [-0.15, -0.1) is 13.2 Å². The zero-order valence-corrected chi connectivity index (χ0v) is 17.4. The Hall–Kier alpha value is -2.45. The zero-order valence-electron chi connectivity index (χ0n) is 16.5. The van der Waals surface area contributed by atoms with E-state index in [4.69, 9.17) is 4.74 Å². The molecular weight excluding hydrogens is 362 g/mol. The first-order valence-corrected chi connectivity index (χ1v) is 9.28. The van der Waals surface area contributed by atoms with Crippen molar-refractivity contribution in [3.05, 3.63) is 54.6 Å². The smallest absolute Gasteiger partial charge is 0.239 e. The highest BCUT2D eigenvalue weighted by molar-refractivity contribution is 8.16. The Morgan fingerprint density at radius 3 is 2.67 bits per heavy atom. The van der Waals surface area contributed by atoms with Crippen LogP contribution in [-0.2, 0) is 16.1 Å². The standard InChI is InChI=1S/C17H25N5O2S.C2H4/c1-6-8-12(3)24-11-15-20-13(17(19-5)25-7-2)9-14(21-15)22-16(23)10-18-4;1-2/h7-9,18H,2,6,10-11H2,1,3-5H3,(H,20,21,22,23);1-2H2/b12-8-,19-17?;. The third-order valence-electron chi connectivity index (χ3n) is 2.91. The first kappa shape index (κ1) is 24.6. The van der Waals surface area contributed by atoms with Crippen LogP contribution in [-0.4, -0.2) is 41.6 Å². The van der Waals surface area contributed by atoms with Gasteiger partial charge in [-0.3, -0.25) is 9.79 Å². The Balaban J connectivity index is 0.00000326. The summed E-state index contributed by atoms with van der Waals surface area (Å²) in [5.41, 5.74) is 0.609. The van der Waals surface area contributed by atoms with Gasteiger partial charge in [-0.2, -0.15) is 0 Å². The van der Waals surface area contributed by atoms with E-state index in [2.05, 4.69) is 45.3 Å². The van der Waals surface area contributed by atoms with E-state index in [1.54, 1.807) is 25.6 Å². The number of aromatic nitrogens is 2. The number of aliphatic imine (C=N–C) groups is 1. The summed E-state index contributed by atoms with van der Waals surface area (Å²) in [6.07, 6.45) is 2.87. The first-order valence-electron chi connectivity index (χ1n) is 8.40. The lowest BCUT2D eigenvalue weighted by molar-refractivity contribution is -0.115. The predicted molar refractivity (Wildman–Crippen MR) is 115 cm³/mol. The maximum absolute atomic E-state index is 11.8. The second-order valence-corrected chi connectivity index (χ2v) is 5.91. The lowest BCUT2D eigenvalue weighted by Crippen LogP contribution is -2.26. The van der Waals surface area contributed by atoms with Crippen molar-refractivity contribution in [3.8, 4) is 0 Å². The topological polar surface area (TPSA) is 88.5 Å². The molecule has 0 saturated carbocycles. The van der Waals surface area contributed by atoms with Crippen LogP contribution in [0.1, 0.15) is 31.8 Å². The van der Waals surface area contributed by atoms with Gasteiger partial charge < -0.3 is 15.4 Å². The van der Waals surface area contributed by atoms with Crippen LogP contribution >= 0.6 is 11.8 Å². The summed E-state index contributed by atoms with van der Waals surface area (Å²) in [6, 6.07) is 1.69. The predicted octanol–water partition coefficient (Wildman–Crippen LogP) is 3.52. The van der Waals surface area contributed by atoms with Gasteiger partial charge in [-0.25, -0.2) is 9.97 Å². The van der Waals surface area contributed by atoms with Crippen LogP contribution in [0.5, 0.6) is 0 Å². The number of hydrogen-bond acceptors (Lipinski definition) is 7. The average Bonchev–Trinajstić information content (AvgIpc) is 2.66. The van der Waals surface area contributed by atoms with Gasteiger partial charge in [0, 0.05) is 13.1 Å². The van der Waals surface area contributed by atoms with Crippen LogP contribution in [0.2, 0.25) is 0 Å². The number of rotatable bonds is 9. The summed E-state index contributed by atoms with van der Waals surface area (Å²) < 4.78 is 5.65. The van der Waals surface area contributed by atoms with E-state index in [0.29, 0.717) is 22.4 Å². The molecule has 0 aromatic carbocycles. The molecule has 1 heterocycles. The summed E-state index contributed by atoms with van der Waals surface area (Å²) in [4.78, 5) is 24.9. The van der Waals surface area contributed by atoms with Crippen molar-refractivity contribution in [2.24, 2.45) is 4.99 Å². The van der Waals surface area contributed by atoms with Crippen molar-refractivity contribution in [2.75, 3.05) is 26.0 Å². The number of thioether (sulfide) groups is 1. The van der Waals surface area contributed by atoms with Gasteiger partial charge in [0.05, 0.1) is 12.3 Å². The van der Waals surface area contributed by atoms with Gasteiger partial charge in [0.2, 0.25) is 5.91 Å². The number of amides is 1. The number of allylic oxidation sites excluding steroid dienone is 2. The van der Waals surface area contributed by atoms with E-state index in [1.807, 2.05) is 19.9 Å². The van der Waals surface area contributed by atoms with E-state index < -0.39 is 0 Å². The average molecular weight is 392 g/mol. The summed E-state index contributed by atoms with van der Waals surface area (Å²) >= 11 is 1.35. The molecule has 0 unspecified atom stereocenters. The number of likely N-dealkylation sites (N-methyl/N-ethyl adjacent to an activating group) is 1. The SMILES string of the molecule is C=C.C=CSC(=NC)c1cc(NC(=O)CNC)nc(CO/C(C)=C\CC)n1. The molecule has 27 heavy (non-hydrogen) atoms. The molecular formula is C19H29N5O2S. The first-order chi connectivity index (χ1) is 13.0. The van der Waals surface area contributed by atoms with Crippen molar-refractivity contribution in [1.29, 1.82) is 0 Å². The highest BCUT2D eigenvalue weighted by Gasteiger charge is 2.12. The second-order valence-electron chi connectivity index (χ2n) is 4.96. The third kappa shape index (κ3) is 9.72. The summed E-state index contributed by atoms with van der Waals surface area (Å²) in [6.45, 7) is 14.0. The van der Waals surface area contributed by atoms with Gasteiger partial charge in [-0.1, -0.05) is 25.3 Å². The number of nitrogens with zero attached hydrogens (tertiary/aromatic N) is 3. The minimum atomic E-state index is -0.188. The molecule has 0 atom stereocenters. The van der Waals surface area contributed by atoms with Crippen molar-refractivity contribution in [3.63, 3.8) is 0 Å². The van der Waals surface area contributed by atoms with E-state index >= 15 is 0 Å². The lowest BCUT2D eigenvalue weighted by atomic mass is 10.3. The summed E-state index contributed by atoms with van der Waals surface area (Å²) in [5.74, 6) is 1.49. The van der Waals surface area contributed by atoms with Crippen molar-refractivity contribution in [1.82, 2.24) is 15.3 Å². The molecule has 0 radical (unpaired) electrons. The highest BCUT2D eigenvalue weighted by Crippen LogP contribution is 2.16. The molecule has 1 amide bonds. The van der Waals surface area contributed by atoms with Gasteiger partial charge in [-0.05, 0) is 31.9 Å². The molecule has 1 aromatic rings. The molecule has 0 fully saturated rings. The molecule has 0 aliphatic heterocycles. The van der Waals surface area contributed by atoms with Crippen molar-refractivity contribution < 1.29 is 9.53 Å². The van der Waals surface area contributed by atoms with Gasteiger partial charge in [0.1, 0.15) is 23.2 Å². The molecule has 2 N–H and O–H groups in total. The van der Waals surface area contributed by atoms with Crippen LogP contribution in [0, 0.1) is 0 Å². The maximum atomic E-state index is 11.8. The molecule has 0 aliphatic rings. The van der Waals surface area contributed by atoms with Crippen LogP contribution in [0.4, 0.5) is 5.82 Å². The molecule has 0 spiro atoms. The number of ether oxygens (including phenoxy) is 1. The highest BCUT2D eigenvalue weighted by atomic mass is 32.2. The third-order valence-corrected chi connectivity index (χ3v) is 3.70. The molecule has 7 nitrogen and oxygen atoms in total. The Morgan fingerprint density at radius 2 is 2.11 bits per heavy atom. The van der Waals surface area contributed by atoms with E-state index in [0.717, 1.165) is 12.2 Å². The van der Waals surface area contributed by atoms with Crippen LogP contribution in [0.25, 0.3) is 0 Å². The lowest BCUT2D eigenvalue weighted by Gasteiger charge is -2.11. The molecule has 0 aliphatic carbocycles.